The third-order valence-electron chi connectivity index (χ3n) is 2.27. The molecule has 14 heavy (non-hydrogen) atoms. The van der Waals surface area contributed by atoms with E-state index in [1.165, 1.54) is 5.57 Å². The summed E-state index contributed by atoms with van der Waals surface area (Å²) in [5, 5.41) is 0. The Labute approximate surface area is 86.3 Å². The van der Waals surface area contributed by atoms with E-state index in [9.17, 15) is 4.79 Å². The first kappa shape index (κ1) is 11.4. The zero-order chi connectivity index (χ0) is 11.0. The van der Waals surface area contributed by atoms with Crippen LogP contribution in [0.1, 0.15) is 47.5 Å². The monoisotopic (exact) mass is 196 g/mol. The number of carbonyl (C=O) groups is 1. The second-order valence-electron chi connectivity index (χ2n) is 5.39. The zero-order valence-corrected chi connectivity index (χ0v) is 9.81. The first-order valence-electron chi connectivity index (χ1n) is 5.10. The van der Waals surface area contributed by atoms with Crippen molar-refractivity contribution in [3.8, 4) is 0 Å². The minimum absolute atomic E-state index is 0.133. The van der Waals surface area contributed by atoms with Gasteiger partial charge < -0.3 is 4.74 Å². The Morgan fingerprint density at radius 2 is 1.64 bits per heavy atom. The van der Waals surface area contributed by atoms with Crippen molar-refractivity contribution < 1.29 is 9.53 Å². The maximum Gasteiger partial charge on any atom is 0.152 e. The molecule has 0 aromatic heterocycles. The van der Waals surface area contributed by atoms with Gasteiger partial charge in [-0.05, 0) is 53.5 Å². The van der Waals surface area contributed by atoms with E-state index >= 15 is 0 Å². The molecule has 0 aromatic rings. The van der Waals surface area contributed by atoms with Crippen LogP contribution in [-0.4, -0.2) is 17.0 Å². The molecule has 0 amide bonds. The summed E-state index contributed by atoms with van der Waals surface area (Å²) in [4.78, 5) is 11.0. The van der Waals surface area contributed by atoms with Crippen LogP contribution < -0.4 is 0 Å². The number of rotatable bonds is 1. The highest BCUT2D eigenvalue weighted by Gasteiger charge is 2.36. The summed E-state index contributed by atoms with van der Waals surface area (Å²) in [5.41, 5.74) is 0.908. The first-order valence-corrected chi connectivity index (χ1v) is 5.10. The lowest BCUT2D eigenvalue weighted by molar-refractivity contribution is -0.139. The van der Waals surface area contributed by atoms with Crippen molar-refractivity contribution in [3.63, 3.8) is 0 Å². The molecule has 0 unspecified atom stereocenters. The van der Waals surface area contributed by atoms with E-state index in [0.29, 0.717) is 0 Å². The molecule has 2 heteroatoms. The van der Waals surface area contributed by atoms with Crippen LogP contribution in [-0.2, 0) is 9.53 Å². The van der Waals surface area contributed by atoms with Crippen LogP contribution in [0.3, 0.4) is 0 Å². The summed E-state index contributed by atoms with van der Waals surface area (Å²) in [6.07, 6.45) is 3.47. The van der Waals surface area contributed by atoms with Gasteiger partial charge in [-0.2, -0.15) is 0 Å². The van der Waals surface area contributed by atoms with Crippen LogP contribution in [0.15, 0.2) is 11.6 Å². The highest BCUT2D eigenvalue weighted by Crippen LogP contribution is 2.37. The zero-order valence-electron chi connectivity index (χ0n) is 9.81. The van der Waals surface area contributed by atoms with Gasteiger partial charge in [0.1, 0.15) is 0 Å². The molecule has 80 valence electrons. The van der Waals surface area contributed by atoms with Crippen LogP contribution in [0.4, 0.5) is 0 Å². The van der Waals surface area contributed by atoms with Crippen molar-refractivity contribution in [2.45, 2.75) is 58.7 Å². The third kappa shape index (κ3) is 3.26. The Morgan fingerprint density at radius 3 is 2.00 bits per heavy atom. The number of carbonyl (C=O) groups excluding carboxylic acids is 1. The van der Waals surface area contributed by atoms with Gasteiger partial charge in [-0.15, -0.1) is 0 Å². The lowest BCUT2D eigenvalue weighted by Crippen LogP contribution is -2.42. The minimum Gasteiger partial charge on any atom is -0.369 e. The summed E-state index contributed by atoms with van der Waals surface area (Å²) in [5.74, 6) is 0.133. The Balaban J connectivity index is 2.87. The molecule has 0 aliphatic carbocycles. The van der Waals surface area contributed by atoms with Crippen LogP contribution >= 0.6 is 0 Å². The Kier molecular flexibility index (Phi) is 2.86. The average molecular weight is 196 g/mol. The Morgan fingerprint density at radius 1 is 1.21 bits per heavy atom. The number of hydrogen-bond acceptors (Lipinski definition) is 2. The second-order valence-corrected chi connectivity index (χ2v) is 5.39. The number of ether oxygens (including phenoxy) is 1. The fraction of sp³-hybridized carbons (Fsp3) is 0.750. The van der Waals surface area contributed by atoms with Gasteiger partial charge in [-0.3, -0.25) is 4.79 Å². The number of ketones is 1. The number of allylic oxidation sites excluding steroid dienone is 1. The van der Waals surface area contributed by atoms with Gasteiger partial charge in [0.25, 0.3) is 0 Å². The molecule has 1 aliphatic heterocycles. The van der Waals surface area contributed by atoms with E-state index in [4.69, 9.17) is 4.74 Å². The molecule has 0 bridgehead atoms. The van der Waals surface area contributed by atoms with E-state index in [1.807, 2.05) is 0 Å². The fourth-order valence-corrected chi connectivity index (χ4v) is 2.37. The van der Waals surface area contributed by atoms with Crippen LogP contribution in [0.5, 0.6) is 0 Å². The Bertz CT molecular complexity index is 254. The van der Waals surface area contributed by atoms with Gasteiger partial charge in [0, 0.05) is 0 Å². The molecule has 1 rings (SSSR count). The van der Waals surface area contributed by atoms with E-state index < -0.39 is 0 Å². The summed E-state index contributed by atoms with van der Waals surface area (Å²) in [6.45, 7) is 9.88. The lowest BCUT2D eigenvalue weighted by atomic mass is 9.84. The quantitative estimate of drug-likeness (QED) is 0.603. The molecule has 0 saturated carbocycles. The van der Waals surface area contributed by atoms with Gasteiger partial charge in [-0.1, -0.05) is 5.57 Å². The van der Waals surface area contributed by atoms with Gasteiger partial charge in [0.05, 0.1) is 11.2 Å². The van der Waals surface area contributed by atoms with Gasteiger partial charge in [-0.25, -0.2) is 0 Å². The highest BCUT2D eigenvalue weighted by molar-refractivity contribution is 5.88. The van der Waals surface area contributed by atoms with Crippen molar-refractivity contribution in [2.75, 3.05) is 0 Å². The lowest BCUT2D eigenvalue weighted by Gasteiger charge is -2.42. The smallest absolute Gasteiger partial charge is 0.152 e. The normalized spacial score (nSPS) is 24.5. The second kappa shape index (κ2) is 3.50. The topological polar surface area (TPSA) is 26.3 Å². The van der Waals surface area contributed by atoms with Gasteiger partial charge >= 0.3 is 0 Å². The maximum atomic E-state index is 11.0. The van der Waals surface area contributed by atoms with E-state index in [2.05, 4.69) is 27.7 Å². The van der Waals surface area contributed by atoms with Crippen molar-refractivity contribution in [1.82, 2.24) is 0 Å². The molecule has 0 spiro atoms. The first-order chi connectivity index (χ1) is 6.20. The van der Waals surface area contributed by atoms with Crippen molar-refractivity contribution in [1.29, 1.82) is 0 Å². The standard InChI is InChI=1S/C12H20O2/c1-9(13)6-10-7-11(2,3)14-12(4,5)8-10/h6H,7-8H2,1-5H3. The van der Waals surface area contributed by atoms with Crippen molar-refractivity contribution in [3.05, 3.63) is 11.6 Å². The van der Waals surface area contributed by atoms with Crippen LogP contribution in [0.2, 0.25) is 0 Å². The molecule has 1 saturated heterocycles. The molecule has 1 fully saturated rings. The summed E-state index contributed by atoms with van der Waals surface area (Å²) in [6, 6.07) is 0. The van der Waals surface area contributed by atoms with Crippen LogP contribution in [0, 0.1) is 0 Å². The molecule has 1 heterocycles. The Hall–Kier alpha value is -0.630. The molecular formula is C12H20O2. The molecule has 0 radical (unpaired) electrons. The average Bonchev–Trinajstić information content (AvgIpc) is 1.74. The molecule has 2 nitrogen and oxygen atoms in total. The van der Waals surface area contributed by atoms with Crippen LogP contribution in [0.25, 0.3) is 0 Å². The third-order valence-corrected chi connectivity index (χ3v) is 2.27. The van der Waals surface area contributed by atoms with E-state index in [0.717, 1.165) is 12.8 Å². The predicted molar refractivity (Wildman–Crippen MR) is 57.2 cm³/mol. The minimum atomic E-state index is -0.150. The van der Waals surface area contributed by atoms with Gasteiger partial charge in [0.15, 0.2) is 5.78 Å². The van der Waals surface area contributed by atoms with Crippen molar-refractivity contribution >= 4 is 5.78 Å². The molecule has 1 aliphatic rings. The SMILES string of the molecule is CC(=O)C=C1CC(C)(C)OC(C)(C)C1. The van der Waals surface area contributed by atoms with E-state index in [1.54, 1.807) is 13.0 Å². The molecule has 0 atom stereocenters. The maximum absolute atomic E-state index is 11.0. The molecule has 0 aromatic carbocycles. The predicted octanol–water partition coefficient (Wildman–Crippen LogP) is 2.87. The van der Waals surface area contributed by atoms with Gasteiger partial charge in [0.2, 0.25) is 0 Å². The highest BCUT2D eigenvalue weighted by atomic mass is 16.5. The summed E-state index contributed by atoms with van der Waals surface area (Å²) >= 11 is 0. The number of hydrogen-bond donors (Lipinski definition) is 0. The van der Waals surface area contributed by atoms with Crippen molar-refractivity contribution in [2.24, 2.45) is 0 Å². The molecule has 0 N–H and O–H groups in total. The largest absolute Gasteiger partial charge is 0.369 e. The summed E-state index contributed by atoms with van der Waals surface area (Å²) < 4.78 is 5.92. The fourth-order valence-electron chi connectivity index (χ4n) is 2.37. The van der Waals surface area contributed by atoms with E-state index in [-0.39, 0.29) is 17.0 Å². The summed E-state index contributed by atoms with van der Waals surface area (Å²) in [7, 11) is 0. The molecular weight excluding hydrogens is 176 g/mol.